The molecule has 120 valence electrons. The number of hydrogen-bond acceptors (Lipinski definition) is 5. The molecule has 0 saturated heterocycles. The van der Waals surface area contributed by atoms with E-state index in [1.54, 1.807) is 17.8 Å². The molecule has 0 aliphatic heterocycles. The Morgan fingerprint density at radius 3 is 2.68 bits per heavy atom. The van der Waals surface area contributed by atoms with Crippen LogP contribution in [0.4, 0.5) is 5.69 Å². The number of carboxylic acids is 1. The topological polar surface area (TPSA) is 106 Å². The van der Waals surface area contributed by atoms with Crippen molar-refractivity contribution in [2.45, 2.75) is 54.7 Å². The number of nitro benzene ring substituents is 1. The maximum absolute atomic E-state index is 10.9. The fourth-order valence-electron chi connectivity index (χ4n) is 2.71. The SMILES string of the molecule is NC(CC(=O)O)c1cc([N+](=O)[O-])ccc1SC1CCCCC1. The summed E-state index contributed by atoms with van der Waals surface area (Å²) in [5.41, 5.74) is 6.46. The standard InChI is InChI=1S/C15H20N2O4S/c16-13(9-15(18)19)12-8-10(17(20)21)6-7-14(12)22-11-4-2-1-3-5-11/h6-8,11,13H,1-5,9,16H2,(H,18,19). The van der Waals surface area contributed by atoms with E-state index in [0.717, 1.165) is 17.7 Å². The molecule has 0 radical (unpaired) electrons. The molecule has 1 aliphatic carbocycles. The molecule has 7 heteroatoms. The number of nitro groups is 1. The number of rotatable bonds is 6. The lowest BCUT2D eigenvalue weighted by Gasteiger charge is -2.23. The summed E-state index contributed by atoms with van der Waals surface area (Å²) < 4.78 is 0. The molecule has 0 aromatic heterocycles. The monoisotopic (exact) mass is 324 g/mol. The average molecular weight is 324 g/mol. The zero-order chi connectivity index (χ0) is 16.1. The zero-order valence-electron chi connectivity index (χ0n) is 12.2. The fourth-order valence-corrected chi connectivity index (χ4v) is 4.13. The molecule has 1 unspecified atom stereocenters. The molecule has 1 saturated carbocycles. The van der Waals surface area contributed by atoms with Gasteiger partial charge in [0, 0.05) is 28.3 Å². The summed E-state index contributed by atoms with van der Waals surface area (Å²) in [4.78, 5) is 22.2. The summed E-state index contributed by atoms with van der Waals surface area (Å²) >= 11 is 1.67. The highest BCUT2D eigenvalue weighted by Crippen LogP contribution is 2.38. The van der Waals surface area contributed by atoms with Crippen LogP contribution in [0.3, 0.4) is 0 Å². The first kappa shape index (κ1) is 16.8. The van der Waals surface area contributed by atoms with Crippen LogP contribution in [0.15, 0.2) is 23.1 Å². The predicted molar refractivity (Wildman–Crippen MR) is 85.0 cm³/mol. The fraction of sp³-hybridized carbons (Fsp3) is 0.533. The van der Waals surface area contributed by atoms with E-state index in [-0.39, 0.29) is 12.1 Å². The molecule has 0 bridgehead atoms. The van der Waals surface area contributed by atoms with Crippen LogP contribution in [0.25, 0.3) is 0 Å². The Balaban J connectivity index is 2.25. The molecule has 3 N–H and O–H groups in total. The van der Waals surface area contributed by atoms with Crippen LogP contribution >= 0.6 is 11.8 Å². The second-order valence-electron chi connectivity index (χ2n) is 5.56. The number of nitrogens with two attached hydrogens (primary N) is 1. The molecule has 0 heterocycles. The van der Waals surface area contributed by atoms with Gasteiger partial charge in [0.2, 0.25) is 0 Å². The molecule has 0 spiro atoms. The normalized spacial score (nSPS) is 17.1. The maximum Gasteiger partial charge on any atom is 0.305 e. The molecule has 1 aromatic carbocycles. The smallest absolute Gasteiger partial charge is 0.305 e. The van der Waals surface area contributed by atoms with Gasteiger partial charge in [-0.05, 0) is 24.5 Å². The maximum atomic E-state index is 10.9. The minimum Gasteiger partial charge on any atom is -0.481 e. The van der Waals surface area contributed by atoms with E-state index in [1.165, 1.54) is 31.4 Å². The second kappa shape index (κ2) is 7.60. The van der Waals surface area contributed by atoms with Gasteiger partial charge in [0.15, 0.2) is 0 Å². The van der Waals surface area contributed by atoms with E-state index in [9.17, 15) is 14.9 Å². The number of carbonyl (C=O) groups is 1. The van der Waals surface area contributed by atoms with Crippen LogP contribution < -0.4 is 5.73 Å². The van der Waals surface area contributed by atoms with Crippen LogP contribution in [0.5, 0.6) is 0 Å². The Hall–Kier alpha value is -1.60. The first-order chi connectivity index (χ1) is 10.5. The second-order valence-corrected chi connectivity index (χ2v) is 6.90. The van der Waals surface area contributed by atoms with Gasteiger partial charge in [-0.15, -0.1) is 11.8 Å². The van der Waals surface area contributed by atoms with E-state index < -0.39 is 16.9 Å². The highest BCUT2D eigenvalue weighted by Gasteiger charge is 2.22. The molecule has 6 nitrogen and oxygen atoms in total. The lowest BCUT2D eigenvalue weighted by Crippen LogP contribution is -2.17. The molecule has 1 fully saturated rings. The Bertz CT molecular complexity index is 558. The Labute approximate surface area is 133 Å². The average Bonchev–Trinajstić information content (AvgIpc) is 2.47. The summed E-state index contributed by atoms with van der Waals surface area (Å²) in [5, 5.41) is 20.3. The Kier molecular flexibility index (Phi) is 5.79. The van der Waals surface area contributed by atoms with Gasteiger partial charge in [-0.25, -0.2) is 0 Å². The van der Waals surface area contributed by atoms with Crippen molar-refractivity contribution in [3.05, 3.63) is 33.9 Å². The van der Waals surface area contributed by atoms with Crippen LogP contribution in [0.2, 0.25) is 0 Å². The van der Waals surface area contributed by atoms with Crippen molar-refractivity contribution in [1.29, 1.82) is 0 Å². The summed E-state index contributed by atoms with van der Waals surface area (Å²) in [6.07, 6.45) is 5.65. The van der Waals surface area contributed by atoms with Crippen molar-refractivity contribution in [3.63, 3.8) is 0 Å². The van der Waals surface area contributed by atoms with Crippen LogP contribution in [-0.4, -0.2) is 21.2 Å². The van der Waals surface area contributed by atoms with Crippen LogP contribution in [-0.2, 0) is 4.79 Å². The van der Waals surface area contributed by atoms with Gasteiger partial charge in [-0.2, -0.15) is 0 Å². The molecule has 1 atom stereocenters. The molecular weight excluding hydrogens is 304 g/mol. The van der Waals surface area contributed by atoms with Gasteiger partial charge < -0.3 is 10.8 Å². The van der Waals surface area contributed by atoms with E-state index >= 15 is 0 Å². The van der Waals surface area contributed by atoms with Crippen molar-refractivity contribution < 1.29 is 14.8 Å². The number of benzene rings is 1. The van der Waals surface area contributed by atoms with Gasteiger partial charge in [-0.1, -0.05) is 19.3 Å². The highest BCUT2D eigenvalue weighted by molar-refractivity contribution is 8.00. The van der Waals surface area contributed by atoms with Crippen LogP contribution in [0.1, 0.15) is 50.1 Å². The molecule has 22 heavy (non-hydrogen) atoms. The van der Waals surface area contributed by atoms with E-state index in [4.69, 9.17) is 10.8 Å². The number of hydrogen-bond donors (Lipinski definition) is 2. The third-order valence-electron chi connectivity index (χ3n) is 3.84. The zero-order valence-corrected chi connectivity index (χ0v) is 13.1. The van der Waals surface area contributed by atoms with Crippen molar-refractivity contribution in [1.82, 2.24) is 0 Å². The number of carboxylic acid groups (broad SMARTS) is 1. The minimum absolute atomic E-state index is 0.0520. The van der Waals surface area contributed by atoms with Crippen molar-refractivity contribution in [2.24, 2.45) is 5.73 Å². The van der Waals surface area contributed by atoms with Gasteiger partial charge in [0.05, 0.1) is 11.3 Å². The number of non-ortho nitro benzene ring substituents is 1. The molecule has 0 amide bonds. The Morgan fingerprint density at radius 1 is 1.41 bits per heavy atom. The van der Waals surface area contributed by atoms with Gasteiger partial charge in [0.1, 0.15) is 0 Å². The third kappa shape index (κ3) is 4.45. The summed E-state index contributed by atoms with van der Waals surface area (Å²) in [6.45, 7) is 0. The number of thioether (sulfide) groups is 1. The quantitative estimate of drug-likeness (QED) is 0.612. The molecule has 2 rings (SSSR count). The van der Waals surface area contributed by atoms with E-state index in [2.05, 4.69) is 0 Å². The number of aliphatic carboxylic acids is 1. The largest absolute Gasteiger partial charge is 0.481 e. The molecule has 1 aromatic rings. The van der Waals surface area contributed by atoms with Crippen molar-refractivity contribution in [3.8, 4) is 0 Å². The predicted octanol–water partition coefficient (Wildman–Crippen LogP) is 3.49. The van der Waals surface area contributed by atoms with Crippen molar-refractivity contribution >= 4 is 23.4 Å². The van der Waals surface area contributed by atoms with Gasteiger partial charge >= 0.3 is 5.97 Å². The van der Waals surface area contributed by atoms with Crippen LogP contribution in [0, 0.1) is 10.1 Å². The summed E-state index contributed by atoms with van der Waals surface area (Å²) in [7, 11) is 0. The molecule has 1 aliphatic rings. The highest BCUT2D eigenvalue weighted by atomic mass is 32.2. The number of nitrogens with zero attached hydrogens (tertiary/aromatic N) is 1. The first-order valence-corrected chi connectivity index (χ1v) is 8.27. The molecular formula is C15H20N2O4S. The summed E-state index contributed by atoms with van der Waals surface area (Å²) in [5.74, 6) is -1.01. The summed E-state index contributed by atoms with van der Waals surface area (Å²) in [6, 6.07) is 3.85. The Morgan fingerprint density at radius 2 is 2.09 bits per heavy atom. The first-order valence-electron chi connectivity index (χ1n) is 7.39. The van der Waals surface area contributed by atoms with Gasteiger partial charge in [-0.3, -0.25) is 14.9 Å². The lowest BCUT2D eigenvalue weighted by molar-refractivity contribution is -0.385. The van der Waals surface area contributed by atoms with E-state index in [0.29, 0.717) is 10.8 Å². The third-order valence-corrected chi connectivity index (χ3v) is 5.27. The van der Waals surface area contributed by atoms with E-state index in [1.807, 2.05) is 0 Å². The lowest BCUT2D eigenvalue weighted by atomic mass is 10.0. The van der Waals surface area contributed by atoms with Gasteiger partial charge in [0.25, 0.3) is 5.69 Å². The minimum atomic E-state index is -1.01. The van der Waals surface area contributed by atoms with Crippen molar-refractivity contribution in [2.75, 3.05) is 0 Å².